The zero-order valence-electron chi connectivity index (χ0n) is 6.58. The summed E-state index contributed by atoms with van der Waals surface area (Å²) in [6.45, 7) is 0. The van der Waals surface area contributed by atoms with Crippen LogP contribution in [0.2, 0.25) is 0 Å². The first kappa shape index (κ1) is 10.7. The van der Waals surface area contributed by atoms with E-state index in [2.05, 4.69) is 0 Å². The molecule has 11 heavy (non-hydrogen) atoms. The molecule has 3 nitrogen and oxygen atoms in total. The SMILES string of the molecule is CSCC[C@H](N)C(=O)CC=O. The molecule has 0 radical (unpaired) electrons. The first-order valence-electron chi connectivity index (χ1n) is 3.43. The fraction of sp³-hybridized carbons (Fsp3) is 0.714. The van der Waals surface area contributed by atoms with Crippen molar-refractivity contribution in [3.05, 3.63) is 0 Å². The van der Waals surface area contributed by atoms with Gasteiger partial charge in [-0.15, -0.1) is 0 Å². The molecule has 0 heterocycles. The summed E-state index contributed by atoms with van der Waals surface area (Å²) < 4.78 is 0. The lowest BCUT2D eigenvalue weighted by Gasteiger charge is -2.06. The molecule has 0 aliphatic rings. The van der Waals surface area contributed by atoms with Crippen molar-refractivity contribution in [3.8, 4) is 0 Å². The van der Waals surface area contributed by atoms with E-state index in [4.69, 9.17) is 5.73 Å². The van der Waals surface area contributed by atoms with Crippen molar-refractivity contribution >= 4 is 23.8 Å². The van der Waals surface area contributed by atoms with Gasteiger partial charge >= 0.3 is 0 Å². The second-order valence-electron chi connectivity index (χ2n) is 2.23. The molecule has 0 fully saturated rings. The number of aldehydes is 1. The fourth-order valence-corrected chi connectivity index (χ4v) is 1.13. The summed E-state index contributed by atoms with van der Waals surface area (Å²) in [7, 11) is 0. The first-order chi connectivity index (χ1) is 5.22. The van der Waals surface area contributed by atoms with Gasteiger partial charge in [0.15, 0.2) is 5.78 Å². The predicted molar refractivity (Wildman–Crippen MR) is 46.7 cm³/mol. The monoisotopic (exact) mass is 175 g/mol. The lowest BCUT2D eigenvalue weighted by atomic mass is 10.1. The van der Waals surface area contributed by atoms with Crippen molar-refractivity contribution in [3.63, 3.8) is 0 Å². The van der Waals surface area contributed by atoms with Crippen LogP contribution >= 0.6 is 11.8 Å². The van der Waals surface area contributed by atoms with Gasteiger partial charge in [-0.1, -0.05) is 0 Å². The Balaban J connectivity index is 3.54. The van der Waals surface area contributed by atoms with Crippen molar-refractivity contribution in [2.45, 2.75) is 18.9 Å². The largest absolute Gasteiger partial charge is 0.321 e. The predicted octanol–water partition coefficient (Wildman–Crippen LogP) is 0.225. The molecule has 0 spiro atoms. The Hall–Kier alpha value is -0.350. The van der Waals surface area contributed by atoms with Crippen molar-refractivity contribution in [1.29, 1.82) is 0 Å². The summed E-state index contributed by atoms with van der Waals surface area (Å²) in [5.74, 6) is 0.709. The Morgan fingerprint density at radius 1 is 1.73 bits per heavy atom. The van der Waals surface area contributed by atoms with Crippen LogP contribution in [0.15, 0.2) is 0 Å². The summed E-state index contributed by atoms with van der Waals surface area (Å²) >= 11 is 1.64. The minimum atomic E-state index is -0.451. The third kappa shape index (κ3) is 4.98. The number of Topliss-reactive ketones (excluding diaryl/α,β-unsaturated/α-hetero) is 1. The molecule has 4 heteroatoms. The Morgan fingerprint density at radius 3 is 2.82 bits per heavy atom. The highest BCUT2D eigenvalue weighted by Gasteiger charge is 2.11. The van der Waals surface area contributed by atoms with E-state index in [0.717, 1.165) is 5.75 Å². The molecule has 0 aliphatic carbocycles. The van der Waals surface area contributed by atoms with Crippen molar-refractivity contribution < 1.29 is 9.59 Å². The van der Waals surface area contributed by atoms with Gasteiger partial charge in [0.05, 0.1) is 12.5 Å². The summed E-state index contributed by atoms with van der Waals surface area (Å²) in [5.41, 5.74) is 5.47. The Bertz CT molecular complexity index is 138. The summed E-state index contributed by atoms with van der Waals surface area (Å²) in [6.07, 6.45) is 3.17. The first-order valence-corrected chi connectivity index (χ1v) is 4.82. The third-order valence-corrected chi connectivity index (χ3v) is 1.98. The normalized spacial score (nSPS) is 12.5. The second kappa shape index (κ2) is 6.37. The van der Waals surface area contributed by atoms with Gasteiger partial charge in [-0.2, -0.15) is 11.8 Å². The average molecular weight is 175 g/mol. The van der Waals surface area contributed by atoms with Gasteiger partial charge in [0, 0.05) is 0 Å². The number of thioether (sulfide) groups is 1. The van der Waals surface area contributed by atoms with E-state index >= 15 is 0 Å². The van der Waals surface area contributed by atoms with Gasteiger partial charge in [0.2, 0.25) is 0 Å². The van der Waals surface area contributed by atoms with E-state index < -0.39 is 6.04 Å². The molecule has 0 rings (SSSR count). The maximum Gasteiger partial charge on any atom is 0.156 e. The quantitative estimate of drug-likeness (QED) is 0.463. The zero-order valence-corrected chi connectivity index (χ0v) is 7.39. The minimum Gasteiger partial charge on any atom is -0.321 e. The molecule has 0 aliphatic heterocycles. The molecule has 0 aromatic heterocycles. The molecular formula is C7H13NO2S. The van der Waals surface area contributed by atoms with Crippen LogP contribution in [0.1, 0.15) is 12.8 Å². The number of ketones is 1. The van der Waals surface area contributed by atoms with Crippen LogP contribution in [0.3, 0.4) is 0 Å². The van der Waals surface area contributed by atoms with Gasteiger partial charge < -0.3 is 10.5 Å². The molecule has 1 atom stereocenters. The summed E-state index contributed by atoms with van der Waals surface area (Å²) in [5, 5.41) is 0. The van der Waals surface area contributed by atoms with Crippen LogP contribution in [-0.2, 0) is 9.59 Å². The lowest BCUT2D eigenvalue weighted by Crippen LogP contribution is -2.31. The summed E-state index contributed by atoms with van der Waals surface area (Å²) in [6, 6.07) is -0.451. The molecule has 0 saturated heterocycles. The van der Waals surface area contributed by atoms with Gasteiger partial charge in [-0.05, 0) is 18.4 Å². The molecule has 64 valence electrons. The van der Waals surface area contributed by atoms with Gasteiger partial charge in [-0.3, -0.25) is 4.79 Å². The Kier molecular flexibility index (Phi) is 6.16. The minimum absolute atomic E-state index is 0.0461. The van der Waals surface area contributed by atoms with Gasteiger partial charge in [0.1, 0.15) is 6.29 Å². The number of hydrogen-bond acceptors (Lipinski definition) is 4. The third-order valence-electron chi connectivity index (χ3n) is 1.33. The van der Waals surface area contributed by atoms with Crippen molar-refractivity contribution in [1.82, 2.24) is 0 Å². The van der Waals surface area contributed by atoms with Crippen molar-refractivity contribution in [2.24, 2.45) is 5.73 Å². The molecule has 0 saturated carbocycles. The summed E-state index contributed by atoms with van der Waals surface area (Å²) in [4.78, 5) is 20.8. The number of rotatable bonds is 6. The Labute approximate surface area is 70.7 Å². The van der Waals surface area contributed by atoms with Crippen LogP contribution in [0.25, 0.3) is 0 Å². The standard InChI is InChI=1S/C7H13NO2S/c1-11-5-3-6(8)7(10)2-4-9/h4,6H,2-3,5,8H2,1H3/t6-/m0/s1. The maximum absolute atomic E-state index is 10.9. The highest BCUT2D eigenvalue weighted by Crippen LogP contribution is 2.00. The topological polar surface area (TPSA) is 60.2 Å². The number of carbonyl (C=O) groups is 2. The Morgan fingerprint density at radius 2 is 2.36 bits per heavy atom. The molecule has 0 aromatic carbocycles. The average Bonchev–Trinajstić information content (AvgIpc) is 2.00. The molecule has 0 aromatic rings. The molecule has 0 unspecified atom stereocenters. The highest BCUT2D eigenvalue weighted by molar-refractivity contribution is 7.98. The van der Waals surface area contributed by atoms with E-state index in [0.29, 0.717) is 12.7 Å². The zero-order chi connectivity index (χ0) is 8.69. The fourth-order valence-electron chi connectivity index (χ4n) is 0.639. The molecule has 0 amide bonds. The van der Waals surface area contributed by atoms with E-state index in [1.165, 1.54) is 0 Å². The molecule has 2 N–H and O–H groups in total. The number of hydrogen-bond donors (Lipinski definition) is 1. The van der Waals surface area contributed by atoms with Crippen LogP contribution in [-0.4, -0.2) is 30.1 Å². The van der Waals surface area contributed by atoms with Crippen LogP contribution in [0, 0.1) is 0 Å². The second-order valence-corrected chi connectivity index (χ2v) is 3.21. The lowest BCUT2D eigenvalue weighted by molar-refractivity contribution is -0.123. The van der Waals surface area contributed by atoms with Crippen LogP contribution in [0.4, 0.5) is 0 Å². The number of carbonyl (C=O) groups excluding carboxylic acids is 2. The van der Waals surface area contributed by atoms with E-state index in [9.17, 15) is 9.59 Å². The van der Waals surface area contributed by atoms with Gasteiger partial charge in [0.25, 0.3) is 0 Å². The van der Waals surface area contributed by atoms with Crippen LogP contribution in [0.5, 0.6) is 0 Å². The highest BCUT2D eigenvalue weighted by atomic mass is 32.2. The maximum atomic E-state index is 10.9. The van der Waals surface area contributed by atoms with E-state index in [-0.39, 0.29) is 12.2 Å². The van der Waals surface area contributed by atoms with Gasteiger partial charge in [-0.25, -0.2) is 0 Å². The number of nitrogens with two attached hydrogens (primary N) is 1. The van der Waals surface area contributed by atoms with E-state index in [1.807, 2.05) is 6.26 Å². The van der Waals surface area contributed by atoms with Crippen LogP contribution < -0.4 is 5.73 Å². The van der Waals surface area contributed by atoms with E-state index in [1.54, 1.807) is 11.8 Å². The molecular weight excluding hydrogens is 162 g/mol. The smallest absolute Gasteiger partial charge is 0.156 e. The molecule has 0 bridgehead atoms. The van der Waals surface area contributed by atoms with Crippen molar-refractivity contribution in [2.75, 3.05) is 12.0 Å².